The molecule has 1 aromatic rings. The molecule has 1 aromatic carbocycles. The van der Waals surface area contributed by atoms with Crippen LogP contribution < -0.4 is 0 Å². The molecule has 0 saturated heterocycles. The van der Waals surface area contributed by atoms with Gasteiger partial charge in [-0.2, -0.15) is 5.10 Å². The molecule has 0 aromatic heterocycles. The molecular weight excluding hydrogens is 200 g/mol. The zero-order chi connectivity index (χ0) is 11.2. The molecule has 1 radical (unpaired) electrons. The topological polar surface area (TPSA) is 32.7 Å². The van der Waals surface area contributed by atoms with Gasteiger partial charge in [0.2, 0.25) is 5.91 Å². The molecule has 0 saturated carbocycles. The largest absolute Gasteiger partial charge is 0.273 e. The number of nitrogens with zero attached hydrogens (tertiary/aromatic N) is 2. The first kappa shape index (κ1) is 10.9. The zero-order valence-corrected chi connectivity index (χ0v) is 9.22. The monoisotopic (exact) mass is 215 g/mol. The number of rotatable bonds is 4. The summed E-state index contributed by atoms with van der Waals surface area (Å²) in [6.45, 7) is 0.695. The average Bonchev–Trinajstić information content (AvgIpc) is 2.33. The van der Waals surface area contributed by atoms with Crippen molar-refractivity contribution < 1.29 is 4.79 Å². The molecule has 0 atom stereocenters. The third-order valence-corrected chi connectivity index (χ3v) is 2.61. The van der Waals surface area contributed by atoms with Crippen LogP contribution in [0.5, 0.6) is 0 Å². The summed E-state index contributed by atoms with van der Waals surface area (Å²) < 4.78 is 0. The summed E-state index contributed by atoms with van der Waals surface area (Å²) in [4.78, 5) is 11.4. The van der Waals surface area contributed by atoms with Crippen LogP contribution in [0.4, 0.5) is 0 Å². The van der Waals surface area contributed by atoms with Crippen LogP contribution in [0.3, 0.4) is 0 Å². The van der Waals surface area contributed by atoms with Gasteiger partial charge < -0.3 is 0 Å². The van der Waals surface area contributed by atoms with E-state index in [1.54, 1.807) is 0 Å². The quantitative estimate of drug-likeness (QED) is 0.757. The molecule has 0 unspecified atom stereocenters. The molecule has 16 heavy (non-hydrogen) atoms. The average molecular weight is 215 g/mol. The van der Waals surface area contributed by atoms with Gasteiger partial charge >= 0.3 is 0 Å². The SMILES string of the molecule is O=C1CC[C]=NN1CCCc1ccccc1. The Hall–Kier alpha value is -1.64. The molecular formula is C13H15N2O. The van der Waals surface area contributed by atoms with Crippen LogP contribution in [-0.2, 0) is 11.2 Å². The molecule has 1 aliphatic heterocycles. The Morgan fingerprint density at radius 3 is 2.88 bits per heavy atom. The van der Waals surface area contributed by atoms with E-state index < -0.39 is 0 Å². The molecule has 0 bridgehead atoms. The van der Waals surface area contributed by atoms with E-state index in [4.69, 9.17) is 0 Å². The summed E-state index contributed by atoms with van der Waals surface area (Å²) in [5.41, 5.74) is 1.31. The number of hydrogen-bond donors (Lipinski definition) is 0. The van der Waals surface area contributed by atoms with E-state index in [0.717, 1.165) is 12.8 Å². The second kappa shape index (κ2) is 5.45. The fraction of sp³-hybridized carbons (Fsp3) is 0.385. The zero-order valence-electron chi connectivity index (χ0n) is 9.22. The Morgan fingerprint density at radius 1 is 1.31 bits per heavy atom. The number of hydrogen-bond acceptors (Lipinski definition) is 2. The standard InChI is InChI=1S/C13H15N2O/c16-13-9-4-10-14-15(13)11-5-8-12-6-2-1-3-7-12/h1-3,6-7H,4-5,8-9,11H2. The Bertz CT molecular complexity index is 373. The van der Waals surface area contributed by atoms with Crippen molar-refractivity contribution in [2.45, 2.75) is 25.7 Å². The van der Waals surface area contributed by atoms with Gasteiger partial charge in [-0.15, -0.1) is 0 Å². The van der Waals surface area contributed by atoms with Crippen LogP contribution in [-0.4, -0.2) is 23.7 Å². The molecule has 1 amide bonds. The lowest BCUT2D eigenvalue weighted by molar-refractivity contribution is -0.131. The van der Waals surface area contributed by atoms with E-state index in [9.17, 15) is 4.79 Å². The summed E-state index contributed by atoms with van der Waals surface area (Å²) in [7, 11) is 0. The van der Waals surface area contributed by atoms with E-state index in [1.807, 2.05) is 18.2 Å². The van der Waals surface area contributed by atoms with Gasteiger partial charge in [0.1, 0.15) is 0 Å². The van der Waals surface area contributed by atoms with Crippen molar-refractivity contribution >= 4 is 12.1 Å². The molecule has 1 heterocycles. The Labute approximate surface area is 95.8 Å². The summed E-state index contributed by atoms with van der Waals surface area (Å²) in [5, 5.41) is 5.51. The number of carbonyl (C=O) groups is 1. The van der Waals surface area contributed by atoms with Crippen molar-refractivity contribution in [1.29, 1.82) is 0 Å². The van der Waals surface area contributed by atoms with Crippen molar-refractivity contribution in [1.82, 2.24) is 5.01 Å². The van der Waals surface area contributed by atoms with Gasteiger partial charge in [-0.1, -0.05) is 30.3 Å². The fourth-order valence-corrected chi connectivity index (χ4v) is 1.74. The van der Waals surface area contributed by atoms with Crippen molar-refractivity contribution in [3.05, 3.63) is 35.9 Å². The third-order valence-electron chi connectivity index (χ3n) is 2.61. The second-order valence-corrected chi connectivity index (χ2v) is 3.86. The predicted octanol–water partition coefficient (Wildman–Crippen LogP) is 2.10. The molecule has 3 heteroatoms. The van der Waals surface area contributed by atoms with Gasteiger partial charge in [0, 0.05) is 19.4 Å². The smallest absolute Gasteiger partial charge is 0.243 e. The summed E-state index contributed by atoms with van der Waals surface area (Å²) in [6.07, 6.45) is 5.99. The van der Waals surface area contributed by atoms with E-state index in [1.165, 1.54) is 10.6 Å². The molecule has 0 spiro atoms. The second-order valence-electron chi connectivity index (χ2n) is 3.86. The maximum atomic E-state index is 11.4. The molecule has 3 nitrogen and oxygen atoms in total. The van der Waals surface area contributed by atoms with Crippen molar-refractivity contribution in [3.8, 4) is 0 Å². The van der Waals surface area contributed by atoms with Crippen molar-refractivity contribution in [2.75, 3.05) is 6.54 Å². The molecule has 0 fully saturated rings. The minimum Gasteiger partial charge on any atom is -0.273 e. The summed E-state index contributed by atoms with van der Waals surface area (Å²) in [5.74, 6) is 0.117. The van der Waals surface area contributed by atoms with Crippen LogP contribution in [0.25, 0.3) is 0 Å². The minimum atomic E-state index is 0.117. The minimum absolute atomic E-state index is 0.117. The van der Waals surface area contributed by atoms with Crippen LogP contribution >= 0.6 is 0 Å². The van der Waals surface area contributed by atoms with Gasteiger partial charge in [-0.25, -0.2) is 5.01 Å². The Balaban J connectivity index is 1.78. The lowest BCUT2D eigenvalue weighted by Gasteiger charge is -2.19. The van der Waals surface area contributed by atoms with Crippen LogP contribution in [0, 0.1) is 0 Å². The van der Waals surface area contributed by atoms with E-state index in [-0.39, 0.29) is 5.91 Å². The molecule has 0 N–H and O–H groups in total. The maximum Gasteiger partial charge on any atom is 0.243 e. The van der Waals surface area contributed by atoms with Crippen molar-refractivity contribution in [3.63, 3.8) is 0 Å². The first-order chi connectivity index (χ1) is 7.86. The number of hydrazone groups is 1. The number of carbonyl (C=O) groups excluding carboxylic acids is 1. The highest BCUT2D eigenvalue weighted by Gasteiger charge is 2.14. The van der Waals surface area contributed by atoms with Crippen LogP contribution in [0.2, 0.25) is 0 Å². The third kappa shape index (κ3) is 2.92. The normalized spacial score (nSPS) is 15.5. The Kier molecular flexibility index (Phi) is 3.70. The first-order valence-corrected chi connectivity index (χ1v) is 5.64. The summed E-state index contributed by atoms with van der Waals surface area (Å²) in [6, 6.07) is 10.3. The first-order valence-electron chi connectivity index (χ1n) is 5.64. The van der Waals surface area contributed by atoms with Gasteiger partial charge in [-0.3, -0.25) is 4.79 Å². The molecule has 2 rings (SSSR count). The van der Waals surface area contributed by atoms with E-state index in [0.29, 0.717) is 19.4 Å². The number of benzene rings is 1. The maximum absolute atomic E-state index is 11.4. The summed E-state index contributed by atoms with van der Waals surface area (Å²) >= 11 is 0. The van der Waals surface area contributed by atoms with E-state index >= 15 is 0 Å². The fourth-order valence-electron chi connectivity index (χ4n) is 1.74. The van der Waals surface area contributed by atoms with Crippen LogP contribution in [0.15, 0.2) is 35.4 Å². The molecule has 1 aliphatic rings. The highest BCUT2D eigenvalue weighted by atomic mass is 16.2. The number of aryl methyl sites for hydroxylation is 1. The van der Waals surface area contributed by atoms with Crippen molar-refractivity contribution in [2.24, 2.45) is 5.10 Å². The van der Waals surface area contributed by atoms with E-state index in [2.05, 4.69) is 23.4 Å². The highest BCUT2D eigenvalue weighted by Crippen LogP contribution is 2.07. The van der Waals surface area contributed by atoms with Gasteiger partial charge in [-0.05, 0) is 18.4 Å². The van der Waals surface area contributed by atoms with Gasteiger partial charge in [0.25, 0.3) is 0 Å². The van der Waals surface area contributed by atoms with Gasteiger partial charge in [0.15, 0.2) is 0 Å². The van der Waals surface area contributed by atoms with Gasteiger partial charge in [0.05, 0.1) is 6.21 Å². The molecule has 83 valence electrons. The van der Waals surface area contributed by atoms with Crippen LogP contribution in [0.1, 0.15) is 24.8 Å². The lowest BCUT2D eigenvalue weighted by atomic mass is 10.1. The molecule has 0 aliphatic carbocycles. The lowest BCUT2D eigenvalue weighted by Crippen LogP contribution is -2.29. The Morgan fingerprint density at radius 2 is 2.12 bits per heavy atom. The predicted molar refractivity (Wildman–Crippen MR) is 63.1 cm³/mol. The number of amides is 1. The highest BCUT2D eigenvalue weighted by molar-refractivity contribution is 5.82.